The van der Waals surface area contributed by atoms with E-state index < -0.39 is 0 Å². The van der Waals surface area contributed by atoms with Gasteiger partial charge in [-0.1, -0.05) is 30.7 Å². The Balaban J connectivity index is 0.914. The van der Waals surface area contributed by atoms with Crippen LogP contribution >= 0.6 is 0 Å². The van der Waals surface area contributed by atoms with Crippen LogP contribution in [0.2, 0.25) is 0 Å². The second-order valence-electron chi connectivity index (χ2n) is 12.7. The smallest absolute Gasteiger partial charge is 0.251 e. The molecule has 3 N–H and O–H groups in total. The Bertz CT molecular complexity index is 1530. The van der Waals surface area contributed by atoms with E-state index in [-0.39, 0.29) is 11.8 Å². The van der Waals surface area contributed by atoms with Gasteiger partial charge in [0, 0.05) is 76.3 Å². The van der Waals surface area contributed by atoms with E-state index in [2.05, 4.69) is 50.0 Å². The number of amides is 2. The van der Waals surface area contributed by atoms with Crippen LogP contribution < -0.4 is 16.0 Å². The van der Waals surface area contributed by atoms with Crippen LogP contribution in [0.25, 0.3) is 0 Å². The molecular formula is C37H43N7O2. The van der Waals surface area contributed by atoms with Gasteiger partial charge >= 0.3 is 0 Å². The summed E-state index contributed by atoms with van der Waals surface area (Å²) >= 11 is 0. The first-order valence-electron chi connectivity index (χ1n) is 16.8. The van der Waals surface area contributed by atoms with Crippen LogP contribution in [0.15, 0.2) is 70.6 Å². The molecule has 3 aromatic rings. The number of benzene rings is 3. The number of nitrogens with zero attached hydrogens (tertiary/aromatic N) is 4. The first kappa shape index (κ1) is 30.5. The van der Waals surface area contributed by atoms with E-state index >= 15 is 0 Å². The maximum atomic E-state index is 12.8. The van der Waals surface area contributed by atoms with Crippen molar-refractivity contribution in [1.29, 1.82) is 0 Å². The third-order valence-electron chi connectivity index (χ3n) is 9.55. The summed E-state index contributed by atoms with van der Waals surface area (Å²) in [5, 5.41) is 9.53. The molecule has 0 aromatic heterocycles. The van der Waals surface area contributed by atoms with Gasteiger partial charge in [-0.05, 0) is 84.6 Å². The lowest BCUT2D eigenvalue weighted by Crippen LogP contribution is -2.46. The number of carbonyl (C=O) groups is 2. The molecule has 238 valence electrons. The minimum Gasteiger partial charge on any atom is -0.351 e. The van der Waals surface area contributed by atoms with Gasteiger partial charge in [0.25, 0.3) is 11.8 Å². The number of likely N-dealkylation sites (tertiary alicyclic amines) is 1. The van der Waals surface area contributed by atoms with E-state index in [1.165, 1.54) is 19.3 Å². The summed E-state index contributed by atoms with van der Waals surface area (Å²) in [5.41, 5.74) is 9.56. The first-order valence-corrected chi connectivity index (χ1v) is 16.8. The van der Waals surface area contributed by atoms with E-state index in [9.17, 15) is 9.59 Å². The summed E-state index contributed by atoms with van der Waals surface area (Å²) in [7, 11) is 0. The molecule has 46 heavy (non-hydrogen) atoms. The van der Waals surface area contributed by atoms with Gasteiger partial charge in [-0.15, -0.1) is 0 Å². The number of piperidine rings is 1. The Hall–Kier alpha value is -4.18. The van der Waals surface area contributed by atoms with Crippen LogP contribution in [0, 0.1) is 0 Å². The zero-order valence-electron chi connectivity index (χ0n) is 26.5. The van der Waals surface area contributed by atoms with Gasteiger partial charge in [0.2, 0.25) is 0 Å². The molecule has 0 unspecified atom stereocenters. The maximum Gasteiger partial charge on any atom is 0.251 e. The lowest BCUT2D eigenvalue weighted by Gasteiger charge is -2.27. The molecule has 0 bridgehead atoms. The Morgan fingerprint density at radius 1 is 0.630 bits per heavy atom. The van der Waals surface area contributed by atoms with Crippen LogP contribution in [0.1, 0.15) is 62.2 Å². The second-order valence-corrected chi connectivity index (χ2v) is 12.7. The average molecular weight is 618 g/mol. The quantitative estimate of drug-likeness (QED) is 0.321. The zero-order valence-corrected chi connectivity index (χ0v) is 26.5. The van der Waals surface area contributed by atoms with E-state index in [1.807, 2.05) is 36.4 Å². The summed E-state index contributed by atoms with van der Waals surface area (Å²) in [6, 6.07) is 20.1. The predicted octanol–water partition coefficient (Wildman–Crippen LogP) is 3.89. The molecule has 0 spiro atoms. The lowest BCUT2D eigenvalue weighted by atomic mass is 9.98. The molecule has 2 fully saturated rings. The molecule has 9 nitrogen and oxygen atoms in total. The fourth-order valence-electron chi connectivity index (χ4n) is 6.85. The minimum absolute atomic E-state index is 0.0190. The Morgan fingerprint density at radius 3 is 1.61 bits per heavy atom. The highest BCUT2D eigenvalue weighted by Crippen LogP contribution is 2.32. The fourth-order valence-corrected chi connectivity index (χ4v) is 6.85. The van der Waals surface area contributed by atoms with Crippen LogP contribution in [0.5, 0.6) is 0 Å². The topological polar surface area (TPSA) is 101 Å². The van der Waals surface area contributed by atoms with Gasteiger partial charge in [-0.2, -0.15) is 0 Å². The predicted molar refractivity (Wildman–Crippen MR) is 183 cm³/mol. The molecular weight excluding hydrogens is 574 g/mol. The monoisotopic (exact) mass is 617 g/mol. The number of carbonyl (C=O) groups excluding carboxylic acids is 2. The molecule has 4 heterocycles. The van der Waals surface area contributed by atoms with Crippen LogP contribution in [0.4, 0.5) is 11.4 Å². The maximum absolute atomic E-state index is 12.8. The number of rotatable bonds is 10. The third kappa shape index (κ3) is 7.12. The highest BCUT2D eigenvalue weighted by molar-refractivity contribution is 6.10. The number of fused-ring (bicyclic) bond motifs is 2. The van der Waals surface area contributed by atoms with Crippen molar-refractivity contribution in [2.24, 2.45) is 9.98 Å². The summed E-state index contributed by atoms with van der Waals surface area (Å²) in [6.45, 7) is 9.44. The van der Waals surface area contributed by atoms with Crippen LogP contribution in [-0.2, 0) is 12.8 Å². The molecule has 4 aliphatic heterocycles. The highest BCUT2D eigenvalue weighted by atomic mass is 16.2. The Labute approximate surface area is 271 Å². The lowest BCUT2D eigenvalue weighted by molar-refractivity contribution is 0.0938. The zero-order chi connectivity index (χ0) is 31.3. The second kappa shape index (κ2) is 14.1. The van der Waals surface area contributed by atoms with Gasteiger partial charge < -0.3 is 20.9 Å². The molecule has 0 radical (unpaired) electrons. The molecule has 2 amide bonds. The number of aliphatic imine (C=N–C) groups is 2. The standard InChI is InChI=1S/C37H43N7O2/c45-36(39-14-20-43-16-2-1-3-17-43)28-8-10-32-30(22-28)24-34(41-32)26-4-6-27(7-5-26)35-25-31-23-29(9-11-33(31)42-35)37(46)40-15-21-44-18-12-38-13-19-44/h4-11,22-23,38H,1-3,12-21,24-25H2,(H,39,45)(H,40,46). The van der Waals surface area contributed by atoms with Gasteiger partial charge in [-0.25, -0.2) is 0 Å². The van der Waals surface area contributed by atoms with Crippen molar-refractivity contribution < 1.29 is 9.59 Å². The van der Waals surface area contributed by atoms with E-state index in [0.29, 0.717) is 37.1 Å². The number of hydrogen-bond acceptors (Lipinski definition) is 7. The molecule has 0 aliphatic carbocycles. The van der Waals surface area contributed by atoms with Gasteiger partial charge in [0.1, 0.15) is 0 Å². The number of hydrogen-bond donors (Lipinski definition) is 3. The first-order chi connectivity index (χ1) is 22.6. The fraction of sp³-hybridized carbons (Fsp3) is 0.405. The molecule has 4 aliphatic rings. The van der Waals surface area contributed by atoms with Crippen molar-refractivity contribution in [3.63, 3.8) is 0 Å². The normalized spacial score (nSPS) is 18.0. The van der Waals surface area contributed by atoms with Gasteiger partial charge in [0.05, 0.1) is 22.8 Å². The number of piperazine rings is 1. The van der Waals surface area contributed by atoms with Crippen LogP contribution in [-0.4, -0.2) is 98.5 Å². The van der Waals surface area contributed by atoms with E-state index in [1.54, 1.807) is 0 Å². The molecule has 3 aromatic carbocycles. The van der Waals surface area contributed by atoms with Crippen molar-refractivity contribution in [3.05, 3.63) is 94.0 Å². The van der Waals surface area contributed by atoms with Gasteiger partial charge in [-0.3, -0.25) is 24.5 Å². The summed E-state index contributed by atoms with van der Waals surface area (Å²) in [4.78, 5) is 40.2. The highest BCUT2D eigenvalue weighted by Gasteiger charge is 2.21. The molecule has 7 rings (SSSR count). The van der Waals surface area contributed by atoms with Crippen molar-refractivity contribution >= 4 is 34.6 Å². The Morgan fingerprint density at radius 2 is 1.11 bits per heavy atom. The van der Waals surface area contributed by atoms with Gasteiger partial charge in [0.15, 0.2) is 0 Å². The van der Waals surface area contributed by atoms with Crippen molar-refractivity contribution in [2.45, 2.75) is 32.1 Å². The molecule has 9 heteroatoms. The van der Waals surface area contributed by atoms with Crippen molar-refractivity contribution in [2.75, 3.05) is 65.4 Å². The SMILES string of the molecule is O=C(NCCN1CCCCC1)c1ccc2c(c1)CC(c1ccc(C3=Nc4ccc(C(=O)NCCN5CCNCC5)cc4C3)cc1)=N2. The van der Waals surface area contributed by atoms with E-state index in [0.717, 1.165) is 97.4 Å². The van der Waals surface area contributed by atoms with E-state index in [4.69, 9.17) is 9.98 Å². The van der Waals surface area contributed by atoms with Crippen molar-refractivity contribution in [3.8, 4) is 0 Å². The molecule has 0 saturated carbocycles. The largest absolute Gasteiger partial charge is 0.351 e. The minimum atomic E-state index is -0.0327. The van der Waals surface area contributed by atoms with Crippen LogP contribution in [0.3, 0.4) is 0 Å². The summed E-state index contributed by atoms with van der Waals surface area (Å²) in [6.07, 6.45) is 5.24. The number of nitrogens with one attached hydrogen (secondary N) is 3. The molecule has 0 atom stereocenters. The van der Waals surface area contributed by atoms with Crippen molar-refractivity contribution in [1.82, 2.24) is 25.8 Å². The molecule has 2 saturated heterocycles. The summed E-state index contributed by atoms with van der Waals surface area (Å²) < 4.78 is 0. The Kier molecular flexibility index (Phi) is 9.32. The summed E-state index contributed by atoms with van der Waals surface area (Å²) in [5.74, 6) is -0.0517. The average Bonchev–Trinajstić information content (AvgIpc) is 3.73. The third-order valence-corrected chi connectivity index (χ3v) is 9.55.